The Labute approximate surface area is 77.6 Å². The zero-order chi connectivity index (χ0) is 9.68. The second-order valence-electron chi connectivity index (χ2n) is 3.44. The molecule has 0 aromatic heterocycles. The van der Waals surface area contributed by atoms with Gasteiger partial charge in [-0.25, -0.2) is 8.78 Å². The molecule has 1 heterocycles. The van der Waals surface area contributed by atoms with Gasteiger partial charge in [0.25, 0.3) is 6.43 Å². The van der Waals surface area contributed by atoms with E-state index in [2.05, 4.69) is 5.32 Å². The zero-order valence-electron chi connectivity index (χ0n) is 7.93. The summed E-state index contributed by atoms with van der Waals surface area (Å²) in [5, 5.41) is 2.62. The Bertz CT molecular complexity index is 138. The van der Waals surface area contributed by atoms with E-state index in [9.17, 15) is 8.78 Å². The molecule has 0 aromatic rings. The minimum absolute atomic E-state index is 0.217. The summed E-state index contributed by atoms with van der Waals surface area (Å²) in [6.07, 6.45) is 1.29. The second-order valence-corrected chi connectivity index (χ2v) is 3.44. The van der Waals surface area contributed by atoms with Gasteiger partial charge in [0.05, 0.1) is 12.1 Å². The monoisotopic (exact) mass is 193 g/mol. The van der Waals surface area contributed by atoms with Crippen molar-refractivity contribution >= 4 is 0 Å². The van der Waals surface area contributed by atoms with E-state index in [4.69, 9.17) is 4.74 Å². The van der Waals surface area contributed by atoms with Crippen molar-refractivity contribution in [1.82, 2.24) is 5.32 Å². The highest BCUT2D eigenvalue weighted by molar-refractivity contribution is 4.72. The molecule has 4 heteroatoms. The van der Waals surface area contributed by atoms with E-state index in [-0.39, 0.29) is 6.10 Å². The summed E-state index contributed by atoms with van der Waals surface area (Å²) < 4.78 is 29.9. The first-order valence-corrected chi connectivity index (χ1v) is 4.81. The molecule has 1 aliphatic heterocycles. The molecule has 1 N–H and O–H groups in total. The molecule has 0 spiro atoms. The van der Waals surface area contributed by atoms with Gasteiger partial charge >= 0.3 is 0 Å². The van der Waals surface area contributed by atoms with Crippen LogP contribution in [0, 0.1) is 0 Å². The van der Waals surface area contributed by atoms with Crippen molar-refractivity contribution in [3.63, 3.8) is 0 Å². The first kappa shape index (κ1) is 10.9. The molecule has 0 aromatic carbocycles. The number of ether oxygens (including phenoxy) is 1. The van der Waals surface area contributed by atoms with Crippen LogP contribution in [-0.2, 0) is 4.74 Å². The van der Waals surface area contributed by atoms with Gasteiger partial charge in [0.15, 0.2) is 0 Å². The topological polar surface area (TPSA) is 21.3 Å². The number of nitrogens with one attached hydrogen (secondary N) is 1. The van der Waals surface area contributed by atoms with Crippen molar-refractivity contribution in [3.05, 3.63) is 0 Å². The lowest BCUT2D eigenvalue weighted by molar-refractivity contribution is 0.0709. The molecule has 1 aliphatic rings. The fraction of sp³-hybridized carbons (Fsp3) is 1.00. The highest BCUT2D eigenvalue weighted by atomic mass is 19.3. The van der Waals surface area contributed by atoms with E-state index in [1.54, 1.807) is 7.05 Å². The molecule has 0 amide bonds. The average molecular weight is 193 g/mol. The minimum Gasteiger partial charge on any atom is -0.378 e. The van der Waals surface area contributed by atoms with Crippen molar-refractivity contribution in [1.29, 1.82) is 0 Å². The molecular formula is C9H17F2NO. The van der Waals surface area contributed by atoms with E-state index in [0.717, 1.165) is 25.9 Å². The Kier molecular flexibility index (Phi) is 4.59. The minimum atomic E-state index is -2.27. The standard InChI is InChI=1S/C9H17F2NO/c1-12-8(9(10)11)5-4-7-3-2-6-13-7/h7-9,12H,2-6H2,1H3. The summed E-state index contributed by atoms with van der Waals surface area (Å²) in [4.78, 5) is 0. The Morgan fingerprint density at radius 3 is 2.77 bits per heavy atom. The maximum Gasteiger partial charge on any atom is 0.253 e. The summed E-state index contributed by atoms with van der Waals surface area (Å²) in [5.41, 5.74) is 0. The molecule has 2 atom stereocenters. The van der Waals surface area contributed by atoms with Gasteiger partial charge in [-0.15, -0.1) is 0 Å². The van der Waals surface area contributed by atoms with E-state index < -0.39 is 12.5 Å². The quantitative estimate of drug-likeness (QED) is 0.718. The average Bonchev–Trinajstić information content (AvgIpc) is 2.57. The molecule has 1 fully saturated rings. The van der Waals surface area contributed by atoms with Crippen molar-refractivity contribution < 1.29 is 13.5 Å². The lowest BCUT2D eigenvalue weighted by atomic mass is 10.1. The number of rotatable bonds is 5. The molecule has 78 valence electrons. The number of hydrogen-bond acceptors (Lipinski definition) is 2. The fourth-order valence-electron chi connectivity index (χ4n) is 1.63. The molecule has 1 rings (SSSR count). The van der Waals surface area contributed by atoms with Crippen LogP contribution in [0.1, 0.15) is 25.7 Å². The lowest BCUT2D eigenvalue weighted by Crippen LogP contribution is -2.33. The summed E-state index contributed by atoms with van der Waals surface area (Å²) in [5.74, 6) is 0. The maximum absolute atomic E-state index is 12.3. The molecule has 2 nitrogen and oxygen atoms in total. The summed E-state index contributed by atoms with van der Waals surface area (Å²) in [6, 6.07) is -0.677. The van der Waals surface area contributed by atoms with Crippen molar-refractivity contribution in [3.8, 4) is 0 Å². The van der Waals surface area contributed by atoms with Gasteiger partial charge < -0.3 is 10.1 Å². The Balaban J connectivity index is 2.15. The summed E-state index contributed by atoms with van der Waals surface area (Å²) in [6.45, 7) is 0.795. The van der Waals surface area contributed by atoms with E-state index >= 15 is 0 Å². The highest BCUT2D eigenvalue weighted by Gasteiger charge is 2.21. The van der Waals surface area contributed by atoms with E-state index in [1.165, 1.54) is 0 Å². The van der Waals surface area contributed by atoms with Crippen LogP contribution in [0.2, 0.25) is 0 Å². The van der Waals surface area contributed by atoms with Gasteiger partial charge in [0.2, 0.25) is 0 Å². The predicted octanol–water partition coefficient (Wildman–Crippen LogP) is 1.80. The van der Waals surface area contributed by atoms with Gasteiger partial charge in [-0.2, -0.15) is 0 Å². The molecule has 13 heavy (non-hydrogen) atoms. The van der Waals surface area contributed by atoms with E-state index in [0.29, 0.717) is 6.42 Å². The number of halogens is 2. The third-order valence-corrected chi connectivity index (χ3v) is 2.50. The Morgan fingerprint density at radius 2 is 2.31 bits per heavy atom. The van der Waals surface area contributed by atoms with Gasteiger partial charge in [0.1, 0.15) is 0 Å². The van der Waals surface area contributed by atoms with Crippen LogP contribution in [0.15, 0.2) is 0 Å². The molecule has 1 saturated heterocycles. The van der Waals surface area contributed by atoms with Crippen molar-refractivity contribution in [2.45, 2.75) is 44.3 Å². The van der Waals surface area contributed by atoms with Crippen LogP contribution >= 0.6 is 0 Å². The largest absolute Gasteiger partial charge is 0.378 e. The van der Waals surface area contributed by atoms with Crippen LogP contribution < -0.4 is 5.32 Å². The molecule has 0 radical (unpaired) electrons. The van der Waals surface area contributed by atoms with E-state index in [1.807, 2.05) is 0 Å². The van der Waals surface area contributed by atoms with Crippen molar-refractivity contribution in [2.75, 3.05) is 13.7 Å². The van der Waals surface area contributed by atoms with Crippen LogP contribution in [0.5, 0.6) is 0 Å². The van der Waals surface area contributed by atoms with Crippen LogP contribution in [0.3, 0.4) is 0 Å². The maximum atomic E-state index is 12.3. The first-order valence-electron chi connectivity index (χ1n) is 4.81. The number of alkyl halides is 2. The van der Waals surface area contributed by atoms with Crippen LogP contribution in [0.4, 0.5) is 8.78 Å². The summed E-state index contributed by atoms with van der Waals surface area (Å²) in [7, 11) is 1.58. The second kappa shape index (κ2) is 5.50. The molecular weight excluding hydrogens is 176 g/mol. The smallest absolute Gasteiger partial charge is 0.253 e. The molecule has 0 aliphatic carbocycles. The van der Waals surface area contributed by atoms with Gasteiger partial charge in [-0.05, 0) is 32.7 Å². The van der Waals surface area contributed by atoms with Gasteiger partial charge in [0, 0.05) is 6.61 Å². The lowest BCUT2D eigenvalue weighted by Gasteiger charge is -2.16. The first-order chi connectivity index (χ1) is 6.24. The zero-order valence-corrected chi connectivity index (χ0v) is 7.93. The number of hydrogen-bond donors (Lipinski definition) is 1. The van der Waals surface area contributed by atoms with Crippen LogP contribution in [0.25, 0.3) is 0 Å². The van der Waals surface area contributed by atoms with Gasteiger partial charge in [-0.1, -0.05) is 0 Å². The SMILES string of the molecule is CNC(CCC1CCCO1)C(F)F. The van der Waals surface area contributed by atoms with Gasteiger partial charge in [-0.3, -0.25) is 0 Å². The summed E-state index contributed by atoms with van der Waals surface area (Å²) >= 11 is 0. The normalized spacial score (nSPS) is 25.4. The molecule has 0 bridgehead atoms. The molecule has 2 unspecified atom stereocenters. The predicted molar refractivity (Wildman–Crippen MR) is 47.1 cm³/mol. The van der Waals surface area contributed by atoms with Crippen molar-refractivity contribution in [2.24, 2.45) is 0 Å². The Hall–Kier alpha value is -0.220. The third-order valence-electron chi connectivity index (χ3n) is 2.50. The highest BCUT2D eigenvalue weighted by Crippen LogP contribution is 2.19. The third kappa shape index (κ3) is 3.56. The fourth-order valence-corrected chi connectivity index (χ4v) is 1.63. The Morgan fingerprint density at radius 1 is 1.54 bits per heavy atom. The van der Waals surface area contributed by atoms with Crippen LogP contribution in [-0.4, -0.2) is 32.2 Å². The molecule has 0 saturated carbocycles.